The standard InChI is InChI=1S/C22H22FN5O3/c1-27-17-12-28(13-18(29)25-11-9-16-4-2-3-10-24-16)21(30)19(17)20(26-22(27)31)14-5-7-15(23)8-6-14/h2-8,10,20H,9,11-13H2,1H3,(H,25,29)(H,26,31)/t20-/m1/s1. The van der Waals surface area contributed by atoms with Crippen molar-refractivity contribution in [3.8, 4) is 0 Å². The minimum Gasteiger partial charge on any atom is -0.354 e. The third-order valence-electron chi connectivity index (χ3n) is 5.40. The lowest BCUT2D eigenvalue weighted by molar-refractivity contribution is -0.131. The number of rotatable bonds is 6. The van der Waals surface area contributed by atoms with Crippen molar-refractivity contribution in [2.75, 3.05) is 26.7 Å². The molecule has 3 heterocycles. The van der Waals surface area contributed by atoms with E-state index < -0.39 is 11.9 Å². The van der Waals surface area contributed by atoms with Crippen LogP contribution in [0.2, 0.25) is 0 Å². The number of carbonyl (C=O) groups is 3. The third kappa shape index (κ3) is 4.25. The lowest BCUT2D eigenvalue weighted by Crippen LogP contribution is -2.45. The number of halogens is 1. The number of carbonyl (C=O) groups excluding carboxylic acids is 3. The molecule has 2 aliphatic heterocycles. The van der Waals surface area contributed by atoms with Crippen LogP contribution in [0.4, 0.5) is 9.18 Å². The number of nitrogens with zero attached hydrogens (tertiary/aromatic N) is 3. The molecule has 0 saturated heterocycles. The maximum absolute atomic E-state index is 13.3. The van der Waals surface area contributed by atoms with Crippen LogP contribution in [-0.4, -0.2) is 59.3 Å². The SMILES string of the molecule is CN1C(=O)N[C@H](c2ccc(F)cc2)C2=C1CN(CC(=O)NCCc1ccccn1)C2=O. The van der Waals surface area contributed by atoms with E-state index in [0.29, 0.717) is 29.8 Å². The zero-order valence-electron chi connectivity index (χ0n) is 17.0. The monoisotopic (exact) mass is 423 g/mol. The molecule has 0 unspecified atom stereocenters. The van der Waals surface area contributed by atoms with Gasteiger partial charge in [-0.05, 0) is 29.8 Å². The molecule has 4 rings (SSSR count). The fourth-order valence-corrected chi connectivity index (χ4v) is 3.76. The third-order valence-corrected chi connectivity index (χ3v) is 5.40. The average molecular weight is 423 g/mol. The van der Waals surface area contributed by atoms with E-state index in [4.69, 9.17) is 0 Å². The summed E-state index contributed by atoms with van der Waals surface area (Å²) in [5.41, 5.74) is 2.41. The maximum atomic E-state index is 13.3. The van der Waals surface area contributed by atoms with Gasteiger partial charge in [0.25, 0.3) is 5.91 Å². The van der Waals surface area contributed by atoms with Crippen LogP contribution in [0.25, 0.3) is 0 Å². The van der Waals surface area contributed by atoms with Crippen LogP contribution in [0.15, 0.2) is 59.9 Å². The smallest absolute Gasteiger partial charge is 0.322 e. The van der Waals surface area contributed by atoms with E-state index in [0.717, 1.165) is 5.69 Å². The Morgan fingerprint density at radius 3 is 2.71 bits per heavy atom. The largest absolute Gasteiger partial charge is 0.354 e. The molecular weight excluding hydrogens is 401 g/mol. The van der Waals surface area contributed by atoms with Gasteiger partial charge >= 0.3 is 6.03 Å². The number of benzene rings is 1. The molecule has 0 radical (unpaired) electrons. The maximum Gasteiger partial charge on any atom is 0.322 e. The van der Waals surface area contributed by atoms with Crippen molar-refractivity contribution in [2.24, 2.45) is 0 Å². The molecule has 2 aliphatic rings. The zero-order chi connectivity index (χ0) is 22.0. The van der Waals surface area contributed by atoms with Gasteiger partial charge in [-0.3, -0.25) is 19.5 Å². The highest BCUT2D eigenvalue weighted by atomic mass is 19.1. The number of aromatic nitrogens is 1. The summed E-state index contributed by atoms with van der Waals surface area (Å²) >= 11 is 0. The number of likely N-dealkylation sites (N-methyl/N-ethyl adjacent to an activating group) is 1. The molecule has 0 aliphatic carbocycles. The molecule has 31 heavy (non-hydrogen) atoms. The van der Waals surface area contributed by atoms with Gasteiger partial charge < -0.3 is 15.5 Å². The highest BCUT2D eigenvalue weighted by Gasteiger charge is 2.43. The number of urea groups is 1. The molecule has 9 heteroatoms. The van der Waals surface area contributed by atoms with Crippen molar-refractivity contribution in [2.45, 2.75) is 12.5 Å². The van der Waals surface area contributed by atoms with Gasteiger partial charge in [0.15, 0.2) is 0 Å². The van der Waals surface area contributed by atoms with Crippen LogP contribution in [0.3, 0.4) is 0 Å². The summed E-state index contributed by atoms with van der Waals surface area (Å²) in [5.74, 6) is -1.01. The number of amides is 4. The molecular formula is C22H22FN5O3. The van der Waals surface area contributed by atoms with Gasteiger partial charge in [0, 0.05) is 31.9 Å². The molecule has 1 aromatic heterocycles. The second-order valence-corrected chi connectivity index (χ2v) is 7.44. The fourth-order valence-electron chi connectivity index (χ4n) is 3.76. The highest BCUT2D eigenvalue weighted by molar-refractivity contribution is 6.02. The zero-order valence-corrected chi connectivity index (χ0v) is 17.0. The highest BCUT2D eigenvalue weighted by Crippen LogP contribution is 2.35. The van der Waals surface area contributed by atoms with E-state index in [1.807, 2.05) is 18.2 Å². The van der Waals surface area contributed by atoms with Gasteiger partial charge in [0.1, 0.15) is 12.4 Å². The van der Waals surface area contributed by atoms with Crippen LogP contribution in [-0.2, 0) is 16.0 Å². The molecule has 0 saturated carbocycles. The molecule has 160 valence electrons. The molecule has 0 bridgehead atoms. The summed E-state index contributed by atoms with van der Waals surface area (Å²) in [6.45, 7) is 0.443. The summed E-state index contributed by atoms with van der Waals surface area (Å²) < 4.78 is 13.3. The first-order valence-corrected chi connectivity index (χ1v) is 9.92. The van der Waals surface area contributed by atoms with Gasteiger partial charge in [-0.1, -0.05) is 18.2 Å². The first kappa shape index (κ1) is 20.5. The van der Waals surface area contributed by atoms with Gasteiger partial charge in [0.05, 0.1) is 23.9 Å². The van der Waals surface area contributed by atoms with Crippen LogP contribution in [0.1, 0.15) is 17.3 Å². The minimum atomic E-state index is -0.691. The van der Waals surface area contributed by atoms with E-state index in [9.17, 15) is 18.8 Å². The molecule has 0 fully saturated rings. The number of pyridine rings is 1. The minimum absolute atomic E-state index is 0.119. The Balaban J connectivity index is 1.43. The van der Waals surface area contributed by atoms with Gasteiger partial charge in [0.2, 0.25) is 5.91 Å². The molecule has 1 aromatic carbocycles. The second-order valence-electron chi connectivity index (χ2n) is 7.44. The topological polar surface area (TPSA) is 94.6 Å². The summed E-state index contributed by atoms with van der Waals surface area (Å²) in [4.78, 5) is 44.9. The Labute approximate surface area is 178 Å². The van der Waals surface area contributed by atoms with Crippen molar-refractivity contribution < 1.29 is 18.8 Å². The first-order valence-electron chi connectivity index (χ1n) is 9.92. The lowest BCUT2D eigenvalue weighted by Gasteiger charge is -2.31. The predicted molar refractivity (Wildman–Crippen MR) is 110 cm³/mol. The average Bonchev–Trinajstić information content (AvgIpc) is 3.08. The summed E-state index contributed by atoms with van der Waals surface area (Å²) in [7, 11) is 1.58. The van der Waals surface area contributed by atoms with E-state index >= 15 is 0 Å². The Morgan fingerprint density at radius 2 is 2.00 bits per heavy atom. The Morgan fingerprint density at radius 1 is 1.23 bits per heavy atom. The predicted octanol–water partition coefficient (Wildman–Crippen LogP) is 1.37. The van der Waals surface area contributed by atoms with Gasteiger partial charge in [-0.25, -0.2) is 9.18 Å². The van der Waals surface area contributed by atoms with Crippen molar-refractivity contribution in [3.63, 3.8) is 0 Å². The number of hydrogen-bond acceptors (Lipinski definition) is 4. The van der Waals surface area contributed by atoms with Crippen molar-refractivity contribution in [1.29, 1.82) is 0 Å². The van der Waals surface area contributed by atoms with Gasteiger partial charge in [-0.2, -0.15) is 0 Å². The first-order chi connectivity index (χ1) is 14.9. The van der Waals surface area contributed by atoms with E-state index in [-0.39, 0.29) is 30.9 Å². The van der Waals surface area contributed by atoms with Crippen molar-refractivity contribution in [3.05, 3.63) is 77.0 Å². The van der Waals surface area contributed by atoms with Crippen LogP contribution in [0, 0.1) is 5.82 Å². The summed E-state index contributed by atoms with van der Waals surface area (Å²) in [6.07, 6.45) is 2.28. The molecule has 0 spiro atoms. The van der Waals surface area contributed by atoms with Gasteiger partial charge in [-0.15, -0.1) is 0 Å². The van der Waals surface area contributed by atoms with E-state index in [2.05, 4.69) is 15.6 Å². The Hall–Kier alpha value is -3.75. The molecule has 2 N–H and O–H groups in total. The quantitative estimate of drug-likeness (QED) is 0.734. The van der Waals surface area contributed by atoms with E-state index in [1.165, 1.54) is 34.1 Å². The van der Waals surface area contributed by atoms with Crippen molar-refractivity contribution in [1.82, 2.24) is 25.4 Å². The molecule has 8 nitrogen and oxygen atoms in total. The van der Waals surface area contributed by atoms with Crippen LogP contribution < -0.4 is 10.6 Å². The summed E-state index contributed by atoms with van der Waals surface area (Å²) in [5, 5.41) is 5.58. The number of nitrogens with one attached hydrogen (secondary N) is 2. The molecule has 1 atom stereocenters. The lowest BCUT2D eigenvalue weighted by atomic mass is 9.96. The Bertz CT molecular complexity index is 1040. The second kappa shape index (κ2) is 8.55. The normalized spacial score (nSPS) is 18.2. The van der Waals surface area contributed by atoms with E-state index in [1.54, 1.807) is 13.2 Å². The fraction of sp³-hybridized carbons (Fsp3) is 0.273. The molecule has 4 amide bonds. The van der Waals surface area contributed by atoms with Crippen LogP contribution in [0.5, 0.6) is 0 Å². The number of hydrogen-bond donors (Lipinski definition) is 2. The Kier molecular flexibility index (Phi) is 5.66. The molecule has 2 aromatic rings. The summed E-state index contributed by atoms with van der Waals surface area (Å²) in [6, 6.07) is 10.2. The van der Waals surface area contributed by atoms with Crippen LogP contribution >= 0.6 is 0 Å². The van der Waals surface area contributed by atoms with Crippen molar-refractivity contribution >= 4 is 17.8 Å².